The quantitative estimate of drug-likeness (QED) is 0.210. The Bertz CT molecular complexity index is 1220. The molecule has 3 heterocycles. The lowest BCUT2D eigenvalue weighted by Crippen LogP contribution is -2.17. The minimum atomic E-state index is 0.526. The van der Waals surface area contributed by atoms with Gasteiger partial charge >= 0.3 is 0 Å². The first-order valence-corrected chi connectivity index (χ1v) is 11.0. The van der Waals surface area contributed by atoms with Gasteiger partial charge in [-0.3, -0.25) is 0 Å². The molecule has 0 fully saturated rings. The minimum Gasteiger partial charge on any atom is -0.368 e. The molecule has 0 bridgehead atoms. The molecule has 150 valence electrons. The summed E-state index contributed by atoms with van der Waals surface area (Å²) in [5.74, 6) is 1.27. The molecule has 0 aliphatic carbocycles. The molecule has 3 aromatic heterocycles. The number of hydrogen-bond acceptors (Lipinski definition) is 7. The first-order chi connectivity index (χ1) is 14.7. The van der Waals surface area contributed by atoms with Crippen LogP contribution in [0.1, 0.15) is 11.1 Å². The Kier molecular flexibility index (Phi) is 6.25. The second-order valence-electron chi connectivity index (χ2n) is 6.34. The maximum atomic E-state index is 8.84. The number of pyridine rings is 1. The van der Waals surface area contributed by atoms with Gasteiger partial charge in [0.05, 0.1) is 16.3 Å². The Labute approximate surface area is 191 Å². The van der Waals surface area contributed by atoms with Crippen molar-refractivity contribution >= 4 is 51.6 Å². The number of nitriles is 1. The van der Waals surface area contributed by atoms with Gasteiger partial charge in [-0.15, -0.1) is 0 Å². The van der Waals surface area contributed by atoms with Gasteiger partial charge in [0.2, 0.25) is 5.95 Å². The highest BCUT2D eigenvalue weighted by Gasteiger charge is 2.12. The first kappa shape index (κ1) is 20.3. The van der Waals surface area contributed by atoms with Crippen molar-refractivity contribution in [2.75, 3.05) is 23.7 Å². The number of halogens is 2. The number of nitrogens with one attached hydrogen (secondary N) is 2. The molecule has 2 N–H and O–H groups in total. The Balaban J connectivity index is 1.51. The number of hydrogen-bond donors (Lipinski definition) is 2. The number of alkyl halides is 1. The third-order valence-electron chi connectivity index (χ3n) is 4.34. The van der Waals surface area contributed by atoms with Crippen molar-refractivity contribution in [3.05, 3.63) is 65.1 Å². The lowest BCUT2D eigenvalue weighted by Gasteiger charge is -2.11. The first-order valence-electron chi connectivity index (χ1n) is 9.07. The predicted octanol–water partition coefficient (Wildman–Crippen LogP) is 4.17. The van der Waals surface area contributed by atoms with Gasteiger partial charge in [0.25, 0.3) is 0 Å². The van der Waals surface area contributed by atoms with E-state index in [9.17, 15) is 0 Å². The fourth-order valence-electron chi connectivity index (χ4n) is 2.86. The zero-order valence-electron chi connectivity index (χ0n) is 15.7. The summed E-state index contributed by atoms with van der Waals surface area (Å²) in [5, 5.41) is 20.2. The van der Waals surface area contributed by atoms with E-state index in [1.54, 1.807) is 16.6 Å². The summed E-state index contributed by atoms with van der Waals surface area (Å²) < 4.78 is 2.54. The second kappa shape index (κ2) is 9.23. The van der Waals surface area contributed by atoms with Crippen molar-refractivity contribution in [3.8, 4) is 17.3 Å². The van der Waals surface area contributed by atoms with E-state index in [1.165, 1.54) is 12.5 Å². The second-order valence-corrected chi connectivity index (χ2v) is 7.51. The Morgan fingerprint density at radius 3 is 2.70 bits per heavy atom. The van der Waals surface area contributed by atoms with E-state index in [-0.39, 0.29) is 0 Å². The molecule has 10 heteroatoms. The normalized spacial score (nSPS) is 10.7. The average Bonchev–Trinajstić information content (AvgIpc) is 3.25. The predicted molar refractivity (Wildman–Crippen MR) is 125 cm³/mol. The van der Waals surface area contributed by atoms with Gasteiger partial charge in [-0.2, -0.15) is 14.9 Å². The van der Waals surface area contributed by atoms with Gasteiger partial charge < -0.3 is 10.6 Å². The van der Waals surface area contributed by atoms with Crippen LogP contribution in [0.2, 0.25) is 5.02 Å². The molecular formula is C20H16ClIN8. The third kappa shape index (κ3) is 4.44. The van der Waals surface area contributed by atoms with Crippen LogP contribution in [-0.2, 0) is 4.43 Å². The van der Waals surface area contributed by atoms with Crippen LogP contribution in [0.4, 0.5) is 11.8 Å². The van der Waals surface area contributed by atoms with Crippen molar-refractivity contribution in [1.29, 1.82) is 5.26 Å². The summed E-state index contributed by atoms with van der Waals surface area (Å²) in [5.41, 5.74) is 3.94. The molecule has 30 heavy (non-hydrogen) atoms. The molecule has 0 spiro atoms. The van der Waals surface area contributed by atoms with Crippen molar-refractivity contribution in [3.63, 3.8) is 0 Å². The summed E-state index contributed by atoms with van der Waals surface area (Å²) in [6.07, 6.45) is 3.03. The maximum Gasteiger partial charge on any atom is 0.226 e. The van der Waals surface area contributed by atoms with E-state index in [0.717, 1.165) is 21.2 Å². The van der Waals surface area contributed by atoms with Crippen molar-refractivity contribution in [2.45, 2.75) is 4.43 Å². The molecule has 0 aliphatic heterocycles. The van der Waals surface area contributed by atoms with E-state index in [0.29, 0.717) is 41.1 Å². The number of benzene rings is 1. The summed E-state index contributed by atoms with van der Waals surface area (Å²) in [6.45, 7) is 1.18. The maximum absolute atomic E-state index is 8.84. The number of aromatic nitrogens is 5. The molecule has 0 radical (unpaired) electrons. The molecular weight excluding hydrogens is 515 g/mol. The van der Waals surface area contributed by atoms with Gasteiger partial charge in [-0.05, 0) is 23.8 Å². The Hall–Kier alpha value is -2.97. The van der Waals surface area contributed by atoms with E-state index in [4.69, 9.17) is 21.8 Å². The molecule has 4 rings (SSSR count). The van der Waals surface area contributed by atoms with Crippen LogP contribution in [0, 0.1) is 11.3 Å². The highest BCUT2D eigenvalue weighted by Crippen LogP contribution is 2.29. The van der Waals surface area contributed by atoms with Crippen LogP contribution >= 0.6 is 34.2 Å². The van der Waals surface area contributed by atoms with E-state index in [1.807, 2.05) is 24.3 Å². The molecule has 0 saturated carbocycles. The molecule has 0 aliphatic rings. The third-order valence-corrected chi connectivity index (χ3v) is 5.53. The van der Waals surface area contributed by atoms with Crippen LogP contribution < -0.4 is 10.6 Å². The minimum absolute atomic E-state index is 0.526. The van der Waals surface area contributed by atoms with Crippen molar-refractivity contribution in [2.24, 2.45) is 0 Å². The van der Waals surface area contributed by atoms with E-state index >= 15 is 0 Å². The van der Waals surface area contributed by atoms with Crippen LogP contribution in [-0.4, -0.2) is 37.7 Å². The average molecular weight is 531 g/mol. The van der Waals surface area contributed by atoms with Gasteiger partial charge in [0.1, 0.15) is 18.2 Å². The summed E-state index contributed by atoms with van der Waals surface area (Å²) in [4.78, 5) is 13.2. The van der Waals surface area contributed by atoms with Gasteiger partial charge in [0, 0.05) is 35.3 Å². The number of nitrogens with zero attached hydrogens (tertiary/aromatic N) is 6. The largest absolute Gasteiger partial charge is 0.368 e. The zero-order valence-corrected chi connectivity index (χ0v) is 18.6. The topological polar surface area (TPSA) is 104 Å². The molecule has 0 unspecified atom stereocenters. The Morgan fingerprint density at radius 2 is 1.97 bits per heavy atom. The van der Waals surface area contributed by atoms with Crippen LogP contribution in [0.3, 0.4) is 0 Å². The molecule has 8 nitrogen and oxygen atoms in total. The number of fused-ring (bicyclic) bond motifs is 1. The number of rotatable bonds is 7. The van der Waals surface area contributed by atoms with E-state index in [2.05, 4.69) is 54.4 Å². The number of anilines is 2. The van der Waals surface area contributed by atoms with Crippen molar-refractivity contribution in [1.82, 2.24) is 24.6 Å². The molecule has 0 atom stereocenters. The SMILES string of the molecule is N#Cc1ccc(NCCNc2nc(-c3ccc(CI)cc3Cl)cc3ncnn23)nc1. The van der Waals surface area contributed by atoms with Crippen LogP contribution in [0.25, 0.3) is 16.9 Å². The highest BCUT2D eigenvalue weighted by atomic mass is 127. The summed E-state index contributed by atoms with van der Waals surface area (Å²) in [6, 6.07) is 13.4. The smallest absolute Gasteiger partial charge is 0.226 e. The van der Waals surface area contributed by atoms with Gasteiger partial charge in [0.15, 0.2) is 5.65 Å². The monoisotopic (exact) mass is 530 g/mol. The molecule has 0 amide bonds. The van der Waals surface area contributed by atoms with Crippen molar-refractivity contribution < 1.29 is 0 Å². The van der Waals surface area contributed by atoms with Gasteiger partial charge in [-0.1, -0.05) is 46.3 Å². The lowest BCUT2D eigenvalue weighted by molar-refractivity contribution is 0.906. The lowest BCUT2D eigenvalue weighted by atomic mass is 10.1. The molecule has 1 aromatic carbocycles. The standard InChI is InChI=1S/C20H16ClIN8/c21-16-7-13(9-22)1-3-15(16)17-8-19-27-12-28-30(19)20(29-17)25-6-5-24-18-4-2-14(10-23)11-26-18/h1-4,7-8,11-12H,5-6,9H2,(H,24,26)(H,25,29). The van der Waals surface area contributed by atoms with E-state index < -0.39 is 0 Å². The fraction of sp³-hybridized carbons (Fsp3) is 0.150. The van der Waals surface area contributed by atoms with Crippen LogP contribution in [0.5, 0.6) is 0 Å². The fourth-order valence-corrected chi connectivity index (χ4v) is 3.63. The van der Waals surface area contributed by atoms with Crippen LogP contribution in [0.15, 0.2) is 48.9 Å². The van der Waals surface area contributed by atoms with Gasteiger partial charge in [-0.25, -0.2) is 15.0 Å². The molecule has 4 aromatic rings. The zero-order chi connectivity index (χ0) is 20.9. The summed E-state index contributed by atoms with van der Waals surface area (Å²) >= 11 is 8.80. The Morgan fingerprint density at radius 1 is 1.10 bits per heavy atom. The molecule has 0 saturated heterocycles. The highest BCUT2D eigenvalue weighted by molar-refractivity contribution is 14.1. The summed E-state index contributed by atoms with van der Waals surface area (Å²) in [7, 11) is 0.